The monoisotopic (exact) mass is 473 g/mol. The van der Waals surface area contributed by atoms with Gasteiger partial charge in [0.2, 0.25) is 0 Å². The Morgan fingerprint density at radius 3 is 2.26 bits per heavy atom. The minimum atomic E-state index is -4.37. The predicted molar refractivity (Wildman–Crippen MR) is 122 cm³/mol. The van der Waals surface area contributed by atoms with Crippen LogP contribution in [-0.2, 0) is 17.4 Å². The zero-order chi connectivity index (χ0) is 25.1. The fourth-order valence-corrected chi connectivity index (χ4v) is 3.22. The van der Waals surface area contributed by atoms with Crippen LogP contribution in [0.1, 0.15) is 36.2 Å². The number of carbonyl (C=O) groups is 1. The summed E-state index contributed by atoms with van der Waals surface area (Å²) in [5.41, 5.74) is 1.63. The second kappa shape index (κ2) is 9.75. The lowest BCUT2D eigenvalue weighted by Gasteiger charge is -2.23. The van der Waals surface area contributed by atoms with Crippen LogP contribution in [0.4, 0.5) is 13.2 Å². The third kappa shape index (κ3) is 6.07. The Morgan fingerprint density at radius 2 is 1.68 bits per heavy atom. The van der Waals surface area contributed by atoms with Crippen molar-refractivity contribution < 1.29 is 32.5 Å². The first kappa shape index (κ1) is 25.1. The molecule has 0 amide bonds. The molecule has 1 aromatic heterocycles. The third-order valence-corrected chi connectivity index (χ3v) is 5.38. The van der Waals surface area contributed by atoms with Crippen molar-refractivity contribution in [2.45, 2.75) is 45.9 Å². The number of pyridine rings is 1. The van der Waals surface area contributed by atoms with Gasteiger partial charge in [-0.3, -0.25) is 4.98 Å². The summed E-state index contributed by atoms with van der Waals surface area (Å²) in [7, 11) is 0. The van der Waals surface area contributed by atoms with E-state index in [1.54, 1.807) is 24.3 Å². The molecule has 0 radical (unpaired) electrons. The number of halogens is 3. The molecule has 0 aliphatic carbocycles. The van der Waals surface area contributed by atoms with Gasteiger partial charge in [-0.25, -0.2) is 4.79 Å². The summed E-state index contributed by atoms with van der Waals surface area (Å²) in [6, 6.07) is 13.8. The van der Waals surface area contributed by atoms with Crippen LogP contribution in [0.15, 0.2) is 54.6 Å². The first-order valence-corrected chi connectivity index (χ1v) is 10.7. The highest BCUT2D eigenvalue weighted by molar-refractivity contribution is 5.76. The van der Waals surface area contributed by atoms with Crippen molar-refractivity contribution in [2.24, 2.45) is 0 Å². The van der Waals surface area contributed by atoms with Gasteiger partial charge in [0.05, 0.1) is 17.9 Å². The quantitative estimate of drug-likeness (QED) is 0.419. The molecule has 8 heteroatoms. The zero-order valence-electron chi connectivity index (χ0n) is 19.4. The van der Waals surface area contributed by atoms with Gasteiger partial charge in [0.25, 0.3) is 0 Å². The van der Waals surface area contributed by atoms with Gasteiger partial charge in [0, 0.05) is 23.7 Å². The Morgan fingerprint density at radius 1 is 1.00 bits per heavy atom. The van der Waals surface area contributed by atoms with Crippen LogP contribution >= 0.6 is 0 Å². The van der Waals surface area contributed by atoms with Gasteiger partial charge < -0.3 is 14.6 Å². The van der Waals surface area contributed by atoms with Crippen LogP contribution in [-0.4, -0.2) is 28.3 Å². The van der Waals surface area contributed by atoms with E-state index in [2.05, 4.69) is 4.98 Å². The molecular weight excluding hydrogens is 447 g/mol. The predicted octanol–water partition coefficient (Wildman–Crippen LogP) is 6.25. The summed E-state index contributed by atoms with van der Waals surface area (Å²) in [6.45, 7) is 6.98. The van der Waals surface area contributed by atoms with Crippen LogP contribution in [0.3, 0.4) is 0 Å². The average Bonchev–Trinajstić information content (AvgIpc) is 2.76. The van der Waals surface area contributed by atoms with Crippen molar-refractivity contribution >= 4 is 5.97 Å². The molecule has 34 heavy (non-hydrogen) atoms. The summed E-state index contributed by atoms with van der Waals surface area (Å²) in [5.74, 6) is -0.0849. The van der Waals surface area contributed by atoms with Gasteiger partial charge >= 0.3 is 12.1 Å². The molecule has 0 fully saturated rings. The van der Waals surface area contributed by atoms with Gasteiger partial charge in [-0.05, 0) is 63.1 Å². The van der Waals surface area contributed by atoms with Crippen LogP contribution in [0, 0.1) is 13.8 Å². The van der Waals surface area contributed by atoms with Crippen molar-refractivity contribution in [1.29, 1.82) is 0 Å². The number of nitrogens with zero attached hydrogens (tertiary/aromatic N) is 1. The lowest BCUT2D eigenvalue weighted by molar-refractivity contribution is -0.152. The number of aryl methyl sites for hydroxylation is 2. The van der Waals surface area contributed by atoms with E-state index in [0.29, 0.717) is 35.8 Å². The molecule has 0 atom stereocenters. The van der Waals surface area contributed by atoms with E-state index in [1.807, 2.05) is 19.9 Å². The summed E-state index contributed by atoms with van der Waals surface area (Å²) in [5, 5.41) is 9.29. The molecular formula is C26H26F3NO4. The van der Waals surface area contributed by atoms with Gasteiger partial charge in [-0.1, -0.05) is 24.3 Å². The summed E-state index contributed by atoms with van der Waals surface area (Å²) >= 11 is 0. The lowest BCUT2D eigenvalue weighted by Crippen LogP contribution is -2.38. The Hall–Kier alpha value is -3.55. The average molecular weight is 473 g/mol. The Bertz CT molecular complexity index is 1170. The van der Waals surface area contributed by atoms with E-state index in [-0.39, 0.29) is 0 Å². The number of aromatic nitrogens is 1. The van der Waals surface area contributed by atoms with Gasteiger partial charge in [0.1, 0.15) is 11.5 Å². The normalized spacial score (nSPS) is 11.9. The maximum atomic E-state index is 12.8. The SMILES string of the molecule is Cc1ccc(OCCc2ccc(-c3ccc(C(F)(F)F)cc3)nc2C)cc1OC(C)(C)C(=O)O. The fraction of sp³-hybridized carbons (Fsp3) is 0.308. The molecule has 5 nitrogen and oxygen atoms in total. The van der Waals surface area contributed by atoms with Gasteiger partial charge in [-0.2, -0.15) is 13.2 Å². The summed E-state index contributed by atoms with van der Waals surface area (Å²) in [6.07, 6.45) is -3.81. The van der Waals surface area contributed by atoms with Gasteiger partial charge in [-0.15, -0.1) is 0 Å². The molecule has 0 bridgehead atoms. The first-order chi connectivity index (χ1) is 15.9. The largest absolute Gasteiger partial charge is 0.493 e. The zero-order valence-corrected chi connectivity index (χ0v) is 19.4. The van der Waals surface area contributed by atoms with Crippen molar-refractivity contribution in [2.75, 3.05) is 6.61 Å². The lowest BCUT2D eigenvalue weighted by atomic mass is 10.1. The highest BCUT2D eigenvalue weighted by Crippen LogP contribution is 2.31. The van der Waals surface area contributed by atoms with Crippen LogP contribution in [0.2, 0.25) is 0 Å². The smallest absolute Gasteiger partial charge is 0.416 e. The molecule has 1 heterocycles. The maximum absolute atomic E-state index is 12.8. The molecule has 0 aliphatic rings. The molecule has 180 valence electrons. The van der Waals surface area contributed by atoms with Gasteiger partial charge in [0.15, 0.2) is 5.60 Å². The number of alkyl halides is 3. The molecule has 0 spiro atoms. The van der Waals surface area contributed by atoms with E-state index >= 15 is 0 Å². The number of rotatable bonds is 8. The Kier molecular flexibility index (Phi) is 7.19. The highest BCUT2D eigenvalue weighted by atomic mass is 19.4. The molecule has 0 aliphatic heterocycles. The van der Waals surface area contributed by atoms with Crippen LogP contribution in [0.5, 0.6) is 11.5 Å². The summed E-state index contributed by atoms with van der Waals surface area (Å²) < 4.78 is 49.8. The topological polar surface area (TPSA) is 68.7 Å². The summed E-state index contributed by atoms with van der Waals surface area (Å²) in [4.78, 5) is 15.9. The van der Waals surface area contributed by atoms with Crippen molar-refractivity contribution in [1.82, 2.24) is 4.98 Å². The number of aliphatic carboxylic acids is 1. The second-order valence-electron chi connectivity index (χ2n) is 8.46. The van der Waals surface area contributed by atoms with E-state index in [0.717, 1.165) is 29.0 Å². The van der Waals surface area contributed by atoms with Crippen LogP contribution in [0.25, 0.3) is 11.3 Å². The number of hydrogen-bond acceptors (Lipinski definition) is 4. The number of carboxylic acid groups (broad SMARTS) is 1. The second-order valence-corrected chi connectivity index (χ2v) is 8.46. The van der Waals surface area contributed by atoms with E-state index in [1.165, 1.54) is 26.0 Å². The number of benzene rings is 2. The van der Waals surface area contributed by atoms with E-state index < -0.39 is 23.3 Å². The Balaban J connectivity index is 1.64. The molecule has 1 N–H and O–H groups in total. The Labute approximate surface area is 196 Å². The van der Waals surface area contributed by atoms with Crippen molar-refractivity contribution in [3.05, 3.63) is 77.0 Å². The number of ether oxygens (including phenoxy) is 2. The molecule has 0 saturated heterocycles. The number of hydrogen-bond donors (Lipinski definition) is 1. The minimum Gasteiger partial charge on any atom is -0.493 e. The van der Waals surface area contributed by atoms with Crippen molar-refractivity contribution in [3.8, 4) is 22.8 Å². The first-order valence-electron chi connectivity index (χ1n) is 10.7. The molecule has 3 rings (SSSR count). The van der Waals surface area contributed by atoms with E-state index in [9.17, 15) is 23.1 Å². The third-order valence-electron chi connectivity index (χ3n) is 5.38. The highest BCUT2D eigenvalue weighted by Gasteiger charge is 2.30. The molecule has 2 aromatic carbocycles. The fourth-order valence-electron chi connectivity index (χ4n) is 3.22. The maximum Gasteiger partial charge on any atom is 0.416 e. The minimum absolute atomic E-state index is 0.354. The van der Waals surface area contributed by atoms with E-state index in [4.69, 9.17) is 9.47 Å². The standard InChI is InChI=1S/C26H26F3NO4/c1-16-5-11-21(15-23(16)34-25(3,4)24(31)32)33-14-13-18-8-12-22(30-17(18)2)19-6-9-20(10-7-19)26(27,28)29/h5-12,15H,13-14H2,1-4H3,(H,31,32). The van der Waals surface area contributed by atoms with Crippen LogP contribution < -0.4 is 9.47 Å². The molecule has 3 aromatic rings. The molecule has 0 saturated carbocycles. The number of carboxylic acids is 1. The van der Waals surface area contributed by atoms with Crippen molar-refractivity contribution in [3.63, 3.8) is 0 Å². The molecule has 0 unspecified atom stereocenters.